The van der Waals surface area contributed by atoms with Crippen LogP contribution in [0.2, 0.25) is 0 Å². The number of amides is 2. The molecule has 0 bridgehead atoms. The third kappa shape index (κ3) is 6.28. The van der Waals surface area contributed by atoms with Gasteiger partial charge in [0.2, 0.25) is 0 Å². The summed E-state index contributed by atoms with van der Waals surface area (Å²) in [6.45, 7) is 13.4. The van der Waals surface area contributed by atoms with E-state index in [-0.39, 0.29) is 29.5 Å². The maximum atomic E-state index is 12.4. The maximum absolute atomic E-state index is 12.4. The first-order valence-corrected chi connectivity index (χ1v) is 8.47. The number of likely N-dealkylation sites (N-methyl/N-ethyl adjacent to an activating group) is 1. The zero-order valence-corrected chi connectivity index (χ0v) is 15.9. The van der Waals surface area contributed by atoms with Crippen LogP contribution in [0.15, 0.2) is 0 Å². The van der Waals surface area contributed by atoms with Crippen molar-refractivity contribution in [2.45, 2.75) is 40.7 Å². The van der Waals surface area contributed by atoms with Gasteiger partial charge in [-0.05, 0) is 17.9 Å². The molecule has 0 spiro atoms. The summed E-state index contributed by atoms with van der Waals surface area (Å²) in [5.74, 6) is -0.868. The minimum absolute atomic E-state index is 0.0178. The molecule has 0 aromatic rings. The van der Waals surface area contributed by atoms with Gasteiger partial charge < -0.3 is 20.1 Å². The molecule has 1 unspecified atom stereocenters. The molecule has 0 aromatic carbocycles. The van der Waals surface area contributed by atoms with Gasteiger partial charge in [0.1, 0.15) is 0 Å². The van der Waals surface area contributed by atoms with Crippen molar-refractivity contribution in [2.24, 2.45) is 10.8 Å². The van der Waals surface area contributed by atoms with Crippen molar-refractivity contribution in [3.8, 4) is 0 Å². The number of hydrogen-bond donors (Lipinski definition) is 2. The Hall–Kier alpha value is -1.34. The topological polar surface area (TPSA) is 82.1 Å². The molecule has 2 N–H and O–H groups in total. The second kappa shape index (κ2) is 8.16. The fourth-order valence-corrected chi connectivity index (χ4v) is 2.33. The first-order valence-electron chi connectivity index (χ1n) is 8.47. The lowest BCUT2D eigenvalue weighted by Crippen LogP contribution is -2.54. The molecule has 2 amide bonds. The molecule has 1 aliphatic rings. The summed E-state index contributed by atoms with van der Waals surface area (Å²) < 4.78 is 5.65. The van der Waals surface area contributed by atoms with Crippen LogP contribution in [0.5, 0.6) is 0 Å². The lowest BCUT2D eigenvalue weighted by molar-refractivity contribution is -0.138. The fourth-order valence-electron chi connectivity index (χ4n) is 2.33. The molecule has 140 valence electrons. The van der Waals surface area contributed by atoms with Crippen molar-refractivity contribution in [1.29, 1.82) is 0 Å². The van der Waals surface area contributed by atoms with Crippen molar-refractivity contribution in [1.82, 2.24) is 15.1 Å². The summed E-state index contributed by atoms with van der Waals surface area (Å²) in [5, 5.41) is 11.8. The van der Waals surface area contributed by atoms with E-state index in [1.807, 2.05) is 0 Å². The Balaban J connectivity index is 2.49. The largest absolute Gasteiger partial charge is 0.480 e. The number of urea groups is 1. The third-order valence-corrected chi connectivity index (χ3v) is 5.06. The highest BCUT2D eigenvalue weighted by Gasteiger charge is 2.34. The van der Waals surface area contributed by atoms with E-state index in [0.717, 1.165) is 0 Å². The van der Waals surface area contributed by atoms with Gasteiger partial charge in [0.05, 0.1) is 19.3 Å². The summed E-state index contributed by atoms with van der Waals surface area (Å²) in [4.78, 5) is 26.6. The van der Waals surface area contributed by atoms with Crippen molar-refractivity contribution in [3.05, 3.63) is 0 Å². The Labute approximate surface area is 145 Å². The Morgan fingerprint density at radius 2 is 1.92 bits per heavy atom. The van der Waals surface area contributed by atoms with Crippen LogP contribution in [0.25, 0.3) is 0 Å². The van der Waals surface area contributed by atoms with Crippen molar-refractivity contribution >= 4 is 12.0 Å². The van der Waals surface area contributed by atoms with Crippen molar-refractivity contribution < 1.29 is 19.4 Å². The van der Waals surface area contributed by atoms with Crippen molar-refractivity contribution in [3.63, 3.8) is 0 Å². The number of ether oxygens (including phenoxy) is 1. The SMILES string of the molecule is CN(CC(=O)O)CC1CN(C(=O)NCC(C)(C)C(C)(C)C)CCO1. The van der Waals surface area contributed by atoms with E-state index in [1.54, 1.807) is 16.8 Å². The number of carboxylic acid groups (broad SMARTS) is 1. The zero-order chi connectivity index (χ0) is 18.5. The molecule has 1 saturated heterocycles. The first kappa shape index (κ1) is 20.7. The van der Waals surface area contributed by atoms with Crippen LogP contribution in [0, 0.1) is 10.8 Å². The minimum Gasteiger partial charge on any atom is -0.480 e. The second-order valence-corrected chi connectivity index (χ2v) is 8.32. The number of aliphatic carboxylic acids is 1. The van der Waals surface area contributed by atoms with Gasteiger partial charge in [0.15, 0.2) is 0 Å². The average Bonchev–Trinajstić information content (AvgIpc) is 2.42. The van der Waals surface area contributed by atoms with E-state index in [2.05, 4.69) is 39.9 Å². The number of nitrogens with zero attached hydrogens (tertiary/aromatic N) is 2. The van der Waals surface area contributed by atoms with Crippen LogP contribution in [0.4, 0.5) is 4.79 Å². The molecule has 7 nitrogen and oxygen atoms in total. The van der Waals surface area contributed by atoms with Crippen LogP contribution in [0.1, 0.15) is 34.6 Å². The molecule has 0 aliphatic carbocycles. The van der Waals surface area contributed by atoms with E-state index in [9.17, 15) is 9.59 Å². The smallest absolute Gasteiger partial charge is 0.317 e. The average molecular weight is 343 g/mol. The molecule has 1 heterocycles. The summed E-state index contributed by atoms with van der Waals surface area (Å²) in [7, 11) is 1.74. The predicted molar refractivity (Wildman–Crippen MR) is 93.1 cm³/mol. The van der Waals surface area contributed by atoms with Gasteiger partial charge in [-0.1, -0.05) is 34.6 Å². The quantitative estimate of drug-likeness (QED) is 0.763. The third-order valence-electron chi connectivity index (χ3n) is 5.06. The number of carbonyl (C=O) groups excluding carboxylic acids is 1. The second-order valence-electron chi connectivity index (χ2n) is 8.32. The van der Waals surface area contributed by atoms with Gasteiger partial charge in [-0.2, -0.15) is 0 Å². The predicted octanol–water partition coefficient (Wildman–Crippen LogP) is 1.49. The molecule has 7 heteroatoms. The molecule has 24 heavy (non-hydrogen) atoms. The molecular formula is C17H33N3O4. The Bertz CT molecular complexity index is 446. The van der Waals surface area contributed by atoms with E-state index >= 15 is 0 Å². The molecular weight excluding hydrogens is 310 g/mol. The van der Waals surface area contributed by atoms with Gasteiger partial charge in [-0.15, -0.1) is 0 Å². The number of carbonyl (C=O) groups is 2. The minimum atomic E-state index is -0.868. The Kier molecular flexibility index (Phi) is 7.04. The van der Waals surface area contributed by atoms with Crippen LogP contribution >= 0.6 is 0 Å². The van der Waals surface area contributed by atoms with Gasteiger partial charge in [-0.25, -0.2) is 4.79 Å². The molecule has 1 rings (SSSR count). The van der Waals surface area contributed by atoms with E-state index in [1.165, 1.54) is 0 Å². The lowest BCUT2D eigenvalue weighted by Gasteiger charge is -2.40. The van der Waals surface area contributed by atoms with E-state index in [4.69, 9.17) is 9.84 Å². The highest BCUT2D eigenvalue weighted by atomic mass is 16.5. The Morgan fingerprint density at radius 1 is 1.29 bits per heavy atom. The number of morpholine rings is 1. The van der Waals surface area contributed by atoms with Crippen molar-refractivity contribution in [2.75, 3.05) is 46.4 Å². The van der Waals surface area contributed by atoms with Crippen LogP contribution in [-0.4, -0.2) is 79.4 Å². The maximum Gasteiger partial charge on any atom is 0.317 e. The summed E-state index contributed by atoms with van der Waals surface area (Å²) in [6.07, 6.45) is -0.163. The summed E-state index contributed by atoms with van der Waals surface area (Å²) in [5.41, 5.74) is 0.0728. The number of carboxylic acids is 1. The highest BCUT2D eigenvalue weighted by Crippen LogP contribution is 2.37. The van der Waals surface area contributed by atoms with Gasteiger partial charge in [0.25, 0.3) is 0 Å². The van der Waals surface area contributed by atoms with E-state index < -0.39 is 5.97 Å². The number of nitrogens with one attached hydrogen (secondary N) is 1. The van der Waals surface area contributed by atoms with Crippen LogP contribution < -0.4 is 5.32 Å². The molecule has 0 radical (unpaired) electrons. The van der Waals surface area contributed by atoms with Gasteiger partial charge in [-0.3, -0.25) is 9.69 Å². The fraction of sp³-hybridized carbons (Fsp3) is 0.882. The molecule has 1 aliphatic heterocycles. The van der Waals surface area contributed by atoms with Gasteiger partial charge in [0, 0.05) is 26.2 Å². The zero-order valence-electron chi connectivity index (χ0n) is 15.9. The van der Waals surface area contributed by atoms with Crippen LogP contribution in [-0.2, 0) is 9.53 Å². The molecule has 0 aromatic heterocycles. The summed E-state index contributed by atoms with van der Waals surface area (Å²) in [6, 6.07) is -0.0819. The standard InChI is InChI=1S/C17H33N3O4/c1-16(2,3)17(4,5)12-18-15(23)20-7-8-24-13(10-20)9-19(6)11-14(21)22/h13H,7-12H2,1-6H3,(H,18,23)(H,21,22). The lowest BCUT2D eigenvalue weighted by atomic mass is 9.69. The molecule has 0 saturated carbocycles. The molecule has 1 atom stereocenters. The number of hydrogen-bond acceptors (Lipinski definition) is 4. The Morgan fingerprint density at radius 3 is 2.46 bits per heavy atom. The van der Waals surface area contributed by atoms with Gasteiger partial charge >= 0.3 is 12.0 Å². The summed E-state index contributed by atoms with van der Waals surface area (Å²) >= 11 is 0. The van der Waals surface area contributed by atoms with E-state index in [0.29, 0.717) is 32.8 Å². The first-order chi connectivity index (χ1) is 10.9. The molecule has 1 fully saturated rings. The normalized spacial score (nSPS) is 19.5. The van der Waals surface area contributed by atoms with Crippen LogP contribution in [0.3, 0.4) is 0 Å². The monoisotopic (exact) mass is 343 g/mol. The highest BCUT2D eigenvalue weighted by molar-refractivity contribution is 5.74. The number of rotatable bonds is 6.